The second-order valence-electron chi connectivity index (χ2n) is 10.6. The van der Waals surface area contributed by atoms with Gasteiger partial charge in [-0.05, 0) is 32.8 Å². The van der Waals surface area contributed by atoms with Crippen LogP contribution in [0.15, 0.2) is 29.1 Å². The summed E-state index contributed by atoms with van der Waals surface area (Å²) in [5, 5.41) is 3.68. The Balaban J connectivity index is 1.54. The summed E-state index contributed by atoms with van der Waals surface area (Å²) in [5.74, 6) is -0.200. The van der Waals surface area contributed by atoms with E-state index in [9.17, 15) is 22.8 Å². The molecule has 0 unspecified atom stereocenters. The minimum absolute atomic E-state index is 0.0278. The monoisotopic (exact) mass is 529 g/mol. The number of hydrogen-bond donors (Lipinski definition) is 1. The zero-order valence-corrected chi connectivity index (χ0v) is 21.9. The molecule has 2 aromatic heterocycles. The van der Waals surface area contributed by atoms with Gasteiger partial charge in [0.2, 0.25) is 5.91 Å². The molecule has 0 radical (unpaired) electrons. The molecular formula is C27H30F3N5O3. The Morgan fingerprint density at radius 2 is 1.84 bits per heavy atom. The Bertz CT molecular complexity index is 1490. The number of halogens is 3. The van der Waals surface area contributed by atoms with E-state index < -0.39 is 29.4 Å². The van der Waals surface area contributed by atoms with Crippen molar-refractivity contribution in [3.8, 4) is 0 Å². The minimum Gasteiger partial charge on any atom is -0.373 e. The molecular weight excluding hydrogens is 499 g/mol. The standard InChI is InChI=1S/C27H30F3N5O3/c1-14(17-7-6-8-18(21(17)28)22(29)30)31-23-19-9-20(25(37)34(4)24(19)33-15(2)32-23)27(38-5)10-26(11-27)12-35(13-26)16(3)36/h6-9,14,22H,10-13H2,1-5H3,(H,31,32,33)/t14-/m1/s1. The number of alkyl halides is 2. The highest BCUT2D eigenvalue weighted by atomic mass is 19.3. The van der Waals surface area contributed by atoms with Crippen LogP contribution in [0, 0.1) is 18.2 Å². The third-order valence-electron chi connectivity index (χ3n) is 7.99. The van der Waals surface area contributed by atoms with Gasteiger partial charge in [-0.2, -0.15) is 0 Å². The Morgan fingerprint density at radius 3 is 2.45 bits per heavy atom. The van der Waals surface area contributed by atoms with Gasteiger partial charge in [0.05, 0.1) is 28.2 Å². The van der Waals surface area contributed by atoms with E-state index in [1.165, 1.54) is 16.7 Å². The zero-order valence-electron chi connectivity index (χ0n) is 21.9. The van der Waals surface area contributed by atoms with Crippen LogP contribution in [-0.2, 0) is 22.2 Å². The number of carbonyl (C=O) groups is 1. The van der Waals surface area contributed by atoms with Gasteiger partial charge in [0, 0.05) is 45.1 Å². The number of hydrogen-bond acceptors (Lipinski definition) is 6. The average molecular weight is 530 g/mol. The summed E-state index contributed by atoms with van der Waals surface area (Å²) < 4.78 is 48.8. The number of anilines is 1. The molecule has 1 spiro atoms. The van der Waals surface area contributed by atoms with Gasteiger partial charge in [-0.3, -0.25) is 14.2 Å². The fourth-order valence-corrected chi connectivity index (χ4v) is 6.04. The molecule has 1 N–H and O–H groups in total. The van der Waals surface area contributed by atoms with Gasteiger partial charge in [-0.1, -0.05) is 18.2 Å². The lowest BCUT2D eigenvalue weighted by atomic mass is 9.53. The first kappa shape index (κ1) is 26.1. The Labute approximate surface area is 217 Å². The predicted molar refractivity (Wildman–Crippen MR) is 136 cm³/mol. The summed E-state index contributed by atoms with van der Waals surface area (Å²) in [7, 11) is 3.20. The fourth-order valence-electron chi connectivity index (χ4n) is 6.04. The number of aryl methyl sites for hydroxylation is 2. The van der Waals surface area contributed by atoms with E-state index in [0.29, 0.717) is 54.2 Å². The second-order valence-corrected chi connectivity index (χ2v) is 10.6. The summed E-state index contributed by atoms with van der Waals surface area (Å²) >= 11 is 0. The zero-order chi connectivity index (χ0) is 27.6. The van der Waals surface area contributed by atoms with Crippen LogP contribution in [-0.4, -0.2) is 45.5 Å². The number of aromatic nitrogens is 3. The van der Waals surface area contributed by atoms with E-state index in [2.05, 4.69) is 15.3 Å². The number of methoxy groups -OCH3 is 1. The molecule has 2 aliphatic rings. The highest BCUT2D eigenvalue weighted by Crippen LogP contribution is 2.59. The van der Waals surface area contributed by atoms with Gasteiger partial charge in [0.1, 0.15) is 23.1 Å². The van der Waals surface area contributed by atoms with Crippen molar-refractivity contribution >= 4 is 22.8 Å². The Hall–Kier alpha value is -3.47. The number of likely N-dealkylation sites (tertiary alicyclic amines) is 1. The summed E-state index contributed by atoms with van der Waals surface area (Å²) in [6.07, 6.45) is -1.74. The first-order chi connectivity index (χ1) is 17.9. The van der Waals surface area contributed by atoms with Crippen LogP contribution in [0.1, 0.15) is 61.7 Å². The number of rotatable bonds is 6. The molecule has 1 saturated carbocycles. The predicted octanol–water partition coefficient (Wildman–Crippen LogP) is 4.37. The van der Waals surface area contributed by atoms with Crippen LogP contribution in [0.3, 0.4) is 0 Å². The molecule has 202 valence electrons. The second kappa shape index (κ2) is 9.07. The molecule has 2 fully saturated rings. The van der Waals surface area contributed by atoms with Crippen molar-refractivity contribution in [3.63, 3.8) is 0 Å². The van der Waals surface area contributed by atoms with Crippen molar-refractivity contribution in [2.75, 3.05) is 25.5 Å². The number of nitrogens with zero attached hydrogens (tertiary/aromatic N) is 4. The molecule has 1 aromatic carbocycles. The highest BCUT2D eigenvalue weighted by Gasteiger charge is 2.62. The van der Waals surface area contributed by atoms with Gasteiger partial charge < -0.3 is 15.0 Å². The Morgan fingerprint density at radius 1 is 1.18 bits per heavy atom. The molecule has 1 amide bonds. The molecule has 1 saturated heterocycles. The number of carbonyl (C=O) groups excluding carboxylic acids is 1. The molecule has 3 heterocycles. The number of ether oxygens (including phenoxy) is 1. The lowest BCUT2D eigenvalue weighted by Crippen LogP contribution is -2.68. The lowest BCUT2D eigenvalue weighted by molar-refractivity contribution is -0.211. The number of pyridine rings is 1. The molecule has 8 nitrogen and oxygen atoms in total. The van der Waals surface area contributed by atoms with Crippen molar-refractivity contribution in [2.24, 2.45) is 12.5 Å². The van der Waals surface area contributed by atoms with E-state index in [0.717, 1.165) is 6.07 Å². The summed E-state index contributed by atoms with van der Waals surface area (Å²) in [4.78, 5) is 35.9. The van der Waals surface area contributed by atoms with Crippen molar-refractivity contribution in [2.45, 2.75) is 51.7 Å². The van der Waals surface area contributed by atoms with Crippen LogP contribution in [0.4, 0.5) is 19.0 Å². The molecule has 11 heteroatoms. The van der Waals surface area contributed by atoms with E-state index in [1.807, 2.05) is 0 Å². The summed E-state index contributed by atoms with van der Waals surface area (Å²) in [6.45, 7) is 6.15. The maximum Gasteiger partial charge on any atom is 0.266 e. The van der Waals surface area contributed by atoms with Gasteiger partial charge in [-0.15, -0.1) is 0 Å². The van der Waals surface area contributed by atoms with Crippen LogP contribution < -0.4 is 10.9 Å². The van der Waals surface area contributed by atoms with E-state index in [4.69, 9.17) is 4.74 Å². The Kier molecular flexibility index (Phi) is 6.24. The third-order valence-corrected chi connectivity index (χ3v) is 7.99. The molecule has 1 atom stereocenters. The van der Waals surface area contributed by atoms with Gasteiger partial charge >= 0.3 is 0 Å². The quantitative estimate of drug-likeness (QED) is 0.510. The van der Waals surface area contributed by atoms with Crippen molar-refractivity contribution in [1.82, 2.24) is 19.4 Å². The molecule has 5 rings (SSSR count). The smallest absolute Gasteiger partial charge is 0.266 e. The van der Waals surface area contributed by atoms with Gasteiger partial charge in [0.15, 0.2) is 0 Å². The van der Waals surface area contributed by atoms with Crippen LogP contribution >= 0.6 is 0 Å². The first-order valence-corrected chi connectivity index (χ1v) is 12.4. The lowest BCUT2D eigenvalue weighted by Gasteiger charge is -2.63. The summed E-state index contributed by atoms with van der Waals surface area (Å²) in [5.41, 5.74) is -0.891. The SMILES string of the molecule is COC1(c2cc3c(N[C@H](C)c4cccc(C(F)F)c4F)nc(C)nc3n(C)c2=O)CC2(CN(C(C)=O)C2)C1. The number of benzene rings is 1. The van der Waals surface area contributed by atoms with Crippen molar-refractivity contribution < 1.29 is 22.7 Å². The molecule has 0 bridgehead atoms. The van der Waals surface area contributed by atoms with Crippen molar-refractivity contribution in [3.05, 3.63) is 63.0 Å². The topological polar surface area (TPSA) is 89.3 Å². The first-order valence-electron chi connectivity index (χ1n) is 12.4. The number of nitrogens with one attached hydrogen (secondary N) is 1. The maximum atomic E-state index is 14.9. The number of amides is 1. The van der Waals surface area contributed by atoms with E-state index >= 15 is 0 Å². The maximum absolute atomic E-state index is 14.9. The number of fused-ring (bicyclic) bond motifs is 1. The van der Waals surface area contributed by atoms with E-state index in [-0.39, 0.29) is 22.4 Å². The largest absolute Gasteiger partial charge is 0.373 e. The third kappa shape index (κ3) is 4.03. The van der Waals surface area contributed by atoms with Crippen LogP contribution in [0.25, 0.3) is 11.0 Å². The average Bonchev–Trinajstić information content (AvgIpc) is 2.80. The minimum atomic E-state index is -2.93. The van der Waals surface area contributed by atoms with Gasteiger partial charge in [0.25, 0.3) is 12.0 Å². The summed E-state index contributed by atoms with van der Waals surface area (Å²) in [6, 6.07) is 4.92. The molecule has 1 aliphatic carbocycles. The van der Waals surface area contributed by atoms with Crippen LogP contribution in [0.2, 0.25) is 0 Å². The molecule has 3 aromatic rings. The normalized spacial score (nSPS) is 18.4. The van der Waals surface area contributed by atoms with Crippen molar-refractivity contribution in [1.29, 1.82) is 0 Å². The molecule has 38 heavy (non-hydrogen) atoms. The van der Waals surface area contributed by atoms with Crippen LogP contribution in [0.5, 0.6) is 0 Å². The highest BCUT2D eigenvalue weighted by molar-refractivity contribution is 5.87. The molecule has 1 aliphatic heterocycles. The van der Waals surface area contributed by atoms with E-state index in [1.54, 1.807) is 45.9 Å². The van der Waals surface area contributed by atoms with Gasteiger partial charge in [-0.25, -0.2) is 23.1 Å². The fraction of sp³-hybridized carbons (Fsp3) is 0.481.